The van der Waals surface area contributed by atoms with E-state index in [4.69, 9.17) is 4.74 Å². The zero-order valence-electron chi connectivity index (χ0n) is 20.6. The fraction of sp³-hybridized carbons (Fsp3) is 0.520. The van der Waals surface area contributed by atoms with Crippen molar-refractivity contribution in [1.82, 2.24) is 14.2 Å². The normalized spacial score (nSPS) is 19.6. The SMILES string of the molecule is CCOC(=O)c1c(C)[nH]c(C)c1S(=O)(=O)N1CCCC(C(=O)N2CCN(c3ccccc3)CC2)C1. The molecule has 2 aromatic rings. The predicted octanol–water partition coefficient (Wildman–Crippen LogP) is 2.56. The van der Waals surface area contributed by atoms with Gasteiger partial charge in [0.15, 0.2) is 0 Å². The molecular formula is C25H34N4O5S. The summed E-state index contributed by atoms with van der Waals surface area (Å²) in [6.45, 7) is 8.29. The first-order valence-electron chi connectivity index (χ1n) is 12.2. The van der Waals surface area contributed by atoms with Gasteiger partial charge in [-0.25, -0.2) is 13.2 Å². The number of aromatic nitrogens is 1. The van der Waals surface area contributed by atoms with E-state index < -0.39 is 21.9 Å². The number of rotatable bonds is 6. The van der Waals surface area contributed by atoms with E-state index in [1.165, 1.54) is 4.31 Å². The van der Waals surface area contributed by atoms with Crippen molar-refractivity contribution in [2.24, 2.45) is 5.92 Å². The van der Waals surface area contributed by atoms with Gasteiger partial charge in [0.25, 0.3) is 0 Å². The van der Waals surface area contributed by atoms with Crippen LogP contribution in [0.4, 0.5) is 5.69 Å². The first-order valence-corrected chi connectivity index (χ1v) is 13.6. The highest BCUT2D eigenvalue weighted by Gasteiger charge is 2.39. The van der Waals surface area contributed by atoms with Gasteiger partial charge in [-0.05, 0) is 45.7 Å². The quantitative estimate of drug-likeness (QED) is 0.609. The number of aryl methyl sites for hydroxylation is 2. The molecule has 0 aliphatic carbocycles. The number of amides is 1. The smallest absolute Gasteiger partial charge is 0.341 e. The van der Waals surface area contributed by atoms with Crippen LogP contribution in [0.5, 0.6) is 0 Å². The Balaban J connectivity index is 1.47. The number of piperidine rings is 1. The average Bonchev–Trinajstić information content (AvgIpc) is 3.18. The van der Waals surface area contributed by atoms with E-state index in [1.807, 2.05) is 23.1 Å². The van der Waals surface area contributed by atoms with Crippen molar-refractivity contribution >= 4 is 27.6 Å². The molecule has 0 radical (unpaired) electrons. The van der Waals surface area contributed by atoms with Crippen molar-refractivity contribution in [3.05, 3.63) is 47.3 Å². The van der Waals surface area contributed by atoms with Crippen molar-refractivity contribution in [3.8, 4) is 0 Å². The topological polar surface area (TPSA) is 103 Å². The Morgan fingerprint density at radius 1 is 1.03 bits per heavy atom. The Labute approximate surface area is 207 Å². The Morgan fingerprint density at radius 2 is 1.71 bits per heavy atom. The van der Waals surface area contributed by atoms with Crippen LogP contribution in [0.3, 0.4) is 0 Å². The van der Waals surface area contributed by atoms with Gasteiger partial charge in [-0.2, -0.15) is 4.31 Å². The van der Waals surface area contributed by atoms with Crippen molar-refractivity contribution < 1.29 is 22.7 Å². The highest BCUT2D eigenvalue weighted by atomic mass is 32.2. The summed E-state index contributed by atoms with van der Waals surface area (Å²) in [5.74, 6) is -1.05. The number of para-hydroxylation sites is 1. The number of carbonyl (C=O) groups is 2. The lowest BCUT2D eigenvalue weighted by atomic mass is 9.97. The number of carbonyl (C=O) groups excluding carboxylic acids is 2. The number of ether oxygens (including phenoxy) is 1. The highest BCUT2D eigenvalue weighted by molar-refractivity contribution is 7.89. The Kier molecular flexibility index (Phi) is 7.51. The van der Waals surface area contributed by atoms with Crippen LogP contribution in [0.1, 0.15) is 41.5 Å². The van der Waals surface area contributed by atoms with Crippen molar-refractivity contribution in [1.29, 1.82) is 0 Å². The van der Waals surface area contributed by atoms with Gasteiger partial charge in [0.05, 0.1) is 12.5 Å². The molecule has 2 saturated heterocycles. The van der Waals surface area contributed by atoms with Crippen LogP contribution in [0.25, 0.3) is 0 Å². The minimum absolute atomic E-state index is 0.00481. The molecule has 3 heterocycles. The second-order valence-electron chi connectivity index (χ2n) is 9.15. The maximum absolute atomic E-state index is 13.7. The Hall–Kier alpha value is -2.85. The summed E-state index contributed by atoms with van der Waals surface area (Å²) in [5.41, 5.74) is 2.05. The maximum Gasteiger partial charge on any atom is 0.341 e. The lowest BCUT2D eigenvalue weighted by Crippen LogP contribution is -2.53. The minimum atomic E-state index is -3.99. The number of benzene rings is 1. The molecule has 1 unspecified atom stereocenters. The van der Waals surface area contributed by atoms with E-state index in [1.54, 1.807) is 20.8 Å². The summed E-state index contributed by atoms with van der Waals surface area (Å²) in [5, 5.41) is 0. The summed E-state index contributed by atoms with van der Waals surface area (Å²) in [6.07, 6.45) is 1.25. The molecule has 1 atom stereocenters. The number of sulfonamides is 1. The third kappa shape index (κ3) is 5.08. The lowest BCUT2D eigenvalue weighted by Gasteiger charge is -2.39. The molecule has 4 rings (SSSR count). The first-order chi connectivity index (χ1) is 16.7. The number of nitrogens with zero attached hydrogens (tertiary/aromatic N) is 3. The zero-order valence-corrected chi connectivity index (χ0v) is 21.4. The number of nitrogens with one attached hydrogen (secondary N) is 1. The summed E-state index contributed by atoms with van der Waals surface area (Å²) < 4.78 is 33.8. The van der Waals surface area contributed by atoms with Gasteiger partial charge in [-0.3, -0.25) is 4.79 Å². The maximum atomic E-state index is 13.7. The molecular weight excluding hydrogens is 468 g/mol. The number of anilines is 1. The zero-order chi connectivity index (χ0) is 25.2. The molecule has 0 spiro atoms. The van der Waals surface area contributed by atoms with Crippen molar-refractivity contribution in [3.63, 3.8) is 0 Å². The number of piperazine rings is 1. The summed E-state index contributed by atoms with van der Waals surface area (Å²) >= 11 is 0. The molecule has 2 fully saturated rings. The molecule has 1 amide bonds. The van der Waals surface area contributed by atoms with Gasteiger partial charge in [-0.15, -0.1) is 0 Å². The first kappa shape index (κ1) is 25.2. The van der Waals surface area contributed by atoms with E-state index in [0.29, 0.717) is 43.9 Å². The van der Waals surface area contributed by atoms with Crippen LogP contribution in [-0.2, 0) is 19.6 Å². The van der Waals surface area contributed by atoms with Crippen LogP contribution < -0.4 is 4.90 Å². The molecule has 2 aliphatic rings. The van der Waals surface area contributed by atoms with Crippen molar-refractivity contribution in [2.75, 3.05) is 50.8 Å². The molecule has 190 valence electrons. The van der Waals surface area contributed by atoms with Crippen LogP contribution in [0.2, 0.25) is 0 Å². The molecule has 1 aromatic carbocycles. The second kappa shape index (κ2) is 10.4. The number of H-pyrrole nitrogens is 1. The third-order valence-electron chi connectivity index (χ3n) is 6.84. The van der Waals surface area contributed by atoms with Gasteiger partial charge in [0.2, 0.25) is 15.9 Å². The fourth-order valence-corrected chi connectivity index (χ4v) is 7.04. The molecule has 0 saturated carbocycles. The molecule has 10 heteroatoms. The van der Waals surface area contributed by atoms with Gasteiger partial charge in [-0.1, -0.05) is 18.2 Å². The number of aromatic amines is 1. The van der Waals surface area contributed by atoms with Gasteiger partial charge >= 0.3 is 5.97 Å². The van der Waals surface area contributed by atoms with Gasteiger partial charge in [0, 0.05) is 56.3 Å². The monoisotopic (exact) mass is 502 g/mol. The molecule has 35 heavy (non-hydrogen) atoms. The number of hydrogen-bond donors (Lipinski definition) is 1. The molecule has 0 bridgehead atoms. The summed E-state index contributed by atoms with van der Waals surface area (Å²) in [6, 6.07) is 10.1. The van der Waals surface area contributed by atoms with E-state index in [-0.39, 0.29) is 29.5 Å². The minimum Gasteiger partial charge on any atom is -0.462 e. The van der Waals surface area contributed by atoms with E-state index >= 15 is 0 Å². The number of hydrogen-bond acceptors (Lipinski definition) is 6. The third-order valence-corrected chi connectivity index (χ3v) is 8.88. The highest BCUT2D eigenvalue weighted by Crippen LogP contribution is 2.31. The van der Waals surface area contributed by atoms with Crippen LogP contribution >= 0.6 is 0 Å². The van der Waals surface area contributed by atoms with E-state index in [9.17, 15) is 18.0 Å². The Morgan fingerprint density at radius 3 is 2.37 bits per heavy atom. The van der Waals surface area contributed by atoms with Crippen LogP contribution in [0.15, 0.2) is 35.2 Å². The van der Waals surface area contributed by atoms with Crippen LogP contribution in [-0.4, -0.2) is 80.4 Å². The Bertz CT molecular complexity index is 1170. The molecule has 1 aromatic heterocycles. The van der Waals surface area contributed by atoms with E-state index in [0.717, 1.165) is 18.8 Å². The predicted molar refractivity (Wildman–Crippen MR) is 133 cm³/mol. The fourth-order valence-electron chi connectivity index (χ4n) is 5.10. The lowest BCUT2D eigenvalue weighted by molar-refractivity contribution is -0.137. The van der Waals surface area contributed by atoms with Crippen molar-refractivity contribution in [2.45, 2.75) is 38.5 Å². The van der Waals surface area contributed by atoms with Gasteiger partial charge < -0.3 is 19.5 Å². The summed E-state index contributed by atoms with van der Waals surface area (Å²) in [7, 11) is -3.99. The number of esters is 1. The van der Waals surface area contributed by atoms with Gasteiger partial charge in [0.1, 0.15) is 10.5 Å². The van der Waals surface area contributed by atoms with Crippen LogP contribution in [0, 0.1) is 19.8 Å². The largest absolute Gasteiger partial charge is 0.462 e. The summed E-state index contributed by atoms with van der Waals surface area (Å²) in [4.78, 5) is 32.9. The molecule has 1 N–H and O–H groups in total. The molecule has 9 nitrogen and oxygen atoms in total. The second-order valence-corrected chi connectivity index (χ2v) is 11.0. The van der Waals surface area contributed by atoms with E-state index in [2.05, 4.69) is 22.0 Å². The standard InChI is InChI=1S/C25H34N4O5S/c1-4-34-25(31)22-18(2)26-19(3)23(22)35(32,33)29-12-8-9-20(17-29)24(30)28-15-13-27(14-16-28)21-10-6-5-7-11-21/h5-7,10-11,20,26H,4,8-9,12-17H2,1-3H3. The molecule has 2 aliphatic heterocycles. The average molecular weight is 503 g/mol.